The number of aromatic hydroxyl groups is 1. The fourth-order valence-electron chi connectivity index (χ4n) is 2.99. The van der Waals surface area contributed by atoms with Crippen LogP contribution in [-0.4, -0.2) is 21.9 Å². The minimum atomic E-state index is -1.14. The van der Waals surface area contributed by atoms with Crippen molar-refractivity contribution in [2.24, 2.45) is 0 Å². The SMILES string of the molecule is CCC(=O)C1=C(O)C(=O)N(c2ccccc2O)C1c1ccccc1F. The molecule has 128 valence electrons. The van der Waals surface area contributed by atoms with Crippen molar-refractivity contribution in [1.82, 2.24) is 0 Å². The Morgan fingerprint density at radius 1 is 1.12 bits per heavy atom. The molecule has 1 atom stereocenters. The Hall–Kier alpha value is -3.15. The number of hydrogen-bond acceptors (Lipinski definition) is 4. The van der Waals surface area contributed by atoms with Crippen molar-refractivity contribution >= 4 is 17.4 Å². The number of anilines is 1. The summed E-state index contributed by atoms with van der Waals surface area (Å²) in [5.74, 6) is -2.86. The molecule has 1 heterocycles. The van der Waals surface area contributed by atoms with E-state index in [1.165, 1.54) is 30.3 Å². The zero-order valence-corrected chi connectivity index (χ0v) is 13.4. The molecule has 0 saturated heterocycles. The Bertz CT molecular complexity index is 890. The molecule has 0 saturated carbocycles. The minimum absolute atomic E-state index is 0.0479. The van der Waals surface area contributed by atoms with Gasteiger partial charge in [-0.2, -0.15) is 0 Å². The van der Waals surface area contributed by atoms with Crippen molar-refractivity contribution < 1.29 is 24.2 Å². The van der Waals surface area contributed by atoms with Crippen LogP contribution in [0, 0.1) is 5.82 Å². The van der Waals surface area contributed by atoms with Crippen molar-refractivity contribution in [2.45, 2.75) is 19.4 Å². The van der Waals surface area contributed by atoms with E-state index in [1.807, 2.05) is 0 Å². The number of Topliss-reactive ketones (excluding diaryl/α,β-unsaturated/α-hetero) is 1. The van der Waals surface area contributed by atoms with Crippen molar-refractivity contribution in [3.8, 4) is 5.75 Å². The van der Waals surface area contributed by atoms with Crippen LogP contribution in [0.15, 0.2) is 59.9 Å². The number of hydrogen-bond donors (Lipinski definition) is 2. The van der Waals surface area contributed by atoms with Gasteiger partial charge in [-0.15, -0.1) is 0 Å². The van der Waals surface area contributed by atoms with Crippen LogP contribution in [0.3, 0.4) is 0 Å². The first-order valence-electron chi connectivity index (χ1n) is 7.79. The number of benzene rings is 2. The lowest BCUT2D eigenvalue weighted by molar-refractivity contribution is -0.118. The van der Waals surface area contributed by atoms with E-state index in [0.29, 0.717) is 0 Å². The predicted octanol–water partition coefficient (Wildman–Crippen LogP) is 3.41. The fraction of sp³-hybridized carbons (Fsp3) is 0.158. The van der Waals surface area contributed by atoms with Gasteiger partial charge < -0.3 is 10.2 Å². The van der Waals surface area contributed by atoms with Crippen LogP contribution in [0.25, 0.3) is 0 Å². The topological polar surface area (TPSA) is 77.8 Å². The summed E-state index contributed by atoms with van der Waals surface area (Å²) in [5, 5.41) is 20.4. The lowest BCUT2D eigenvalue weighted by Crippen LogP contribution is -2.31. The van der Waals surface area contributed by atoms with Gasteiger partial charge in [0.2, 0.25) is 0 Å². The maximum absolute atomic E-state index is 14.4. The quantitative estimate of drug-likeness (QED) is 0.893. The normalized spacial score (nSPS) is 17.3. The van der Waals surface area contributed by atoms with Gasteiger partial charge in [0.1, 0.15) is 11.6 Å². The molecule has 1 aliphatic rings. The number of ketones is 1. The van der Waals surface area contributed by atoms with E-state index in [2.05, 4.69) is 0 Å². The number of para-hydroxylation sites is 2. The monoisotopic (exact) mass is 341 g/mol. The minimum Gasteiger partial charge on any atom is -0.506 e. The Kier molecular flexibility index (Phi) is 4.27. The molecule has 0 aliphatic carbocycles. The number of carbonyl (C=O) groups is 2. The van der Waals surface area contributed by atoms with E-state index >= 15 is 0 Å². The third kappa shape index (κ3) is 2.65. The lowest BCUT2D eigenvalue weighted by atomic mass is 9.94. The summed E-state index contributed by atoms with van der Waals surface area (Å²) >= 11 is 0. The number of rotatable bonds is 4. The zero-order chi connectivity index (χ0) is 18.1. The van der Waals surface area contributed by atoms with Gasteiger partial charge in [-0.05, 0) is 18.2 Å². The predicted molar refractivity (Wildman–Crippen MR) is 89.7 cm³/mol. The lowest BCUT2D eigenvalue weighted by Gasteiger charge is -2.27. The average molecular weight is 341 g/mol. The molecule has 2 N–H and O–H groups in total. The maximum atomic E-state index is 14.4. The third-order valence-corrected chi connectivity index (χ3v) is 4.17. The molecule has 6 heteroatoms. The van der Waals surface area contributed by atoms with Gasteiger partial charge in [0.15, 0.2) is 11.5 Å². The molecule has 0 fully saturated rings. The Morgan fingerprint density at radius 2 is 1.76 bits per heavy atom. The molecular formula is C19H16FNO4. The van der Waals surface area contributed by atoms with Gasteiger partial charge >= 0.3 is 0 Å². The van der Waals surface area contributed by atoms with Gasteiger partial charge in [-0.1, -0.05) is 37.3 Å². The second-order valence-electron chi connectivity index (χ2n) is 5.63. The molecule has 0 aromatic heterocycles. The Balaban J connectivity index is 2.25. The van der Waals surface area contributed by atoms with E-state index in [9.17, 15) is 24.2 Å². The molecule has 0 spiro atoms. The molecule has 3 rings (SSSR count). The first-order chi connectivity index (χ1) is 12.0. The first-order valence-corrected chi connectivity index (χ1v) is 7.79. The summed E-state index contributed by atoms with van der Waals surface area (Å²) in [6.07, 6.45) is 0.0479. The first kappa shape index (κ1) is 16.7. The molecule has 5 nitrogen and oxygen atoms in total. The van der Waals surface area contributed by atoms with Crippen LogP contribution in [0.5, 0.6) is 5.75 Å². The van der Waals surface area contributed by atoms with Crippen LogP contribution in [-0.2, 0) is 9.59 Å². The number of aliphatic hydroxyl groups excluding tert-OH is 1. The largest absolute Gasteiger partial charge is 0.506 e. The highest BCUT2D eigenvalue weighted by Gasteiger charge is 2.45. The molecule has 0 radical (unpaired) electrons. The number of phenols is 1. The number of amides is 1. The van der Waals surface area contributed by atoms with Crippen LogP contribution in [0.1, 0.15) is 24.9 Å². The van der Waals surface area contributed by atoms with Crippen molar-refractivity contribution in [1.29, 1.82) is 0 Å². The van der Waals surface area contributed by atoms with Crippen molar-refractivity contribution in [3.63, 3.8) is 0 Å². The zero-order valence-electron chi connectivity index (χ0n) is 13.4. The van der Waals surface area contributed by atoms with E-state index < -0.39 is 29.3 Å². The number of carbonyl (C=O) groups excluding carboxylic acids is 2. The Labute approximate surface area is 143 Å². The molecule has 2 aromatic carbocycles. The third-order valence-electron chi connectivity index (χ3n) is 4.17. The molecule has 2 aromatic rings. The van der Waals surface area contributed by atoms with E-state index in [0.717, 1.165) is 4.90 Å². The van der Waals surface area contributed by atoms with Gasteiger partial charge in [0.25, 0.3) is 5.91 Å². The summed E-state index contributed by atoms with van der Waals surface area (Å²) in [4.78, 5) is 26.0. The number of nitrogens with zero attached hydrogens (tertiary/aromatic N) is 1. The highest BCUT2D eigenvalue weighted by Crippen LogP contribution is 2.44. The van der Waals surface area contributed by atoms with Crippen LogP contribution in [0.4, 0.5) is 10.1 Å². The molecule has 1 unspecified atom stereocenters. The van der Waals surface area contributed by atoms with Crippen molar-refractivity contribution in [3.05, 3.63) is 71.2 Å². The summed E-state index contributed by atoms with van der Waals surface area (Å²) in [7, 11) is 0. The van der Waals surface area contributed by atoms with Crippen LogP contribution in [0.2, 0.25) is 0 Å². The van der Waals surface area contributed by atoms with Gasteiger partial charge in [-0.3, -0.25) is 14.5 Å². The van der Waals surface area contributed by atoms with Gasteiger partial charge in [0, 0.05) is 12.0 Å². The van der Waals surface area contributed by atoms with E-state index in [-0.39, 0.29) is 29.0 Å². The second kappa shape index (κ2) is 6.39. The molecule has 25 heavy (non-hydrogen) atoms. The fourth-order valence-corrected chi connectivity index (χ4v) is 2.99. The number of aliphatic hydroxyl groups is 1. The molecule has 1 amide bonds. The summed E-state index contributed by atoms with van der Waals surface area (Å²) in [6, 6.07) is 10.6. The molecule has 0 bridgehead atoms. The molecule has 1 aliphatic heterocycles. The summed E-state index contributed by atoms with van der Waals surface area (Å²) in [6.45, 7) is 1.59. The summed E-state index contributed by atoms with van der Waals surface area (Å²) < 4.78 is 14.4. The standard InChI is InChI=1S/C19H16FNO4/c1-2-14(22)16-17(11-7-3-4-8-12(11)20)21(19(25)18(16)24)13-9-5-6-10-15(13)23/h3-10,17,23-24H,2H2,1H3. The van der Waals surface area contributed by atoms with E-state index in [4.69, 9.17) is 0 Å². The highest BCUT2D eigenvalue weighted by atomic mass is 19.1. The molecular weight excluding hydrogens is 325 g/mol. The second-order valence-corrected chi connectivity index (χ2v) is 5.63. The van der Waals surface area contributed by atoms with Crippen molar-refractivity contribution in [2.75, 3.05) is 4.90 Å². The Morgan fingerprint density at radius 3 is 2.40 bits per heavy atom. The van der Waals surface area contributed by atoms with Gasteiger partial charge in [-0.25, -0.2) is 4.39 Å². The number of phenolic OH excluding ortho intramolecular Hbond substituents is 1. The highest BCUT2D eigenvalue weighted by molar-refractivity contribution is 6.16. The van der Waals surface area contributed by atoms with Gasteiger partial charge in [0.05, 0.1) is 17.3 Å². The maximum Gasteiger partial charge on any atom is 0.294 e. The van der Waals surface area contributed by atoms with E-state index in [1.54, 1.807) is 25.1 Å². The summed E-state index contributed by atoms with van der Waals surface area (Å²) in [5.41, 5.74) is -0.00740. The van der Waals surface area contributed by atoms with Crippen LogP contribution < -0.4 is 4.90 Å². The average Bonchev–Trinajstić information content (AvgIpc) is 2.87. The van der Waals surface area contributed by atoms with Crippen LogP contribution >= 0.6 is 0 Å². The smallest absolute Gasteiger partial charge is 0.294 e. The number of halogens is 1.